The molecule has 0 atom stereocenters. The van der Waals surface area contributed by atoms with Gasteiger partial charge < -0.3 is 9.73 Å². The largest absolute Gasteiger partial charge is 0.422 e. The van der Waals surface area contributed by atoms with E-state index in [0.717, 1.165) is 11.1 Å². The molecule has 0 aliphatic rings. The highest BCUT2D eigenvalue weighted by Crippen LogP contribution is 2.28. The molecule has 0 radical (unpaired) electrons. The van der Waals surface area contributed by atoms with Gasteiger partial charge in [0.2, 0.25) is 0 Å². The van der Waals surface area contributed by atoms with Gasteiger partial charge in [-0.1, -0.05) is 50.2 Å². The van der Waals surface area contributed by atoms with Crippen molar-refractivity contribution >= 4 is 33.6 Å². The van der Waals surface area contributed by atoms with Crippen molar-refractivity contribution in [2.45, 2.75) is 19.8 Å². The van der Waals surface area contributed by atoms with Gasteiger partial charge in [-0.15, -0.1) is 11.3 Å². The molecule has 0 saturated carbocycles. The molecule has 148 valence electrons. The highest BCUT2D eigenvalue weighted by Gasteiger charge is 2.14. The fourth-order valence-corrected chi connectivity index (χ4v) is 3.97. The average molecular weight is 414 g/mol. The van der Waals surface area contributed by atoms with Gasteiger partial charge in [-0.2, -0.15) is 5.26 Å². The van der Waals surface area contributed by atoms with Crippen molar-refractivity contribution in [1.82, 2.24) is 4.98 Å². The maximum absolute atomic E-state index is 12.4. The Morgan fingerprint density at radius 3 is 2.77 bits per heavy atom. The molecular formula is C24H19N3O2S. The molecule has 0 aliphatic heterocycles. The van der Waals surface area contributed by atoms with Crippen molar-refractivity contribution in [2.75, 3.05) is 5.32 Å². The lowest BCUT2D eigenvalue weighted by molar-refractivity contribution is 0.563. The van der Waals surface area contributed by atoms with E-state index in [1.165, 1.54) is 16.9 Å². The highest BCUT2D eigenvalue weighted by atomic mass is 32.1. The van der Waals surface area contributed by atoms with Crippen molar-refractivity contribution in [3.63, 3.8) is 0 Å². The standard InChI is InChI=1S/C24H19N3O2S/c1-15(2)18-8-4-5-9-20(18)26-13-17(12-25)23-27-21(14-30-23)19-11-16-7-3-6-10-22(16)29-24(19)28/h3-11,13-15,26H,1-2H3. The topological polar surface area (TPSA) is 78.9 Å². The quantitative estimate of drug-likeness (QED) is 0.320. The SMILES string of the molecule is CC(C)c1ccccc1NC=C(C#N)c1nc(-c2cc3ccccc3oc2=O)cs1. The lowest BCUT2D eigenvalue weighted by atomic mass is 10.0. The second-order valence-electron chi connectivity index (χ2n) is 7.08. The maximum atomic E-state index is 12.4. The third kappa shape index (κ3) is 3.88. The van der Waals surface area contributed by atoms with Gasteiger partial charge >= 0.3 is 5.63 Å². The monoisotopic (exact) mass is 413 g/mol. The molecule has 0 saturated heterocycles. The second-order valence-corrected chi connectivity index (χ2v) is 7.94. The van der Waals surface area contributed by atoms with Crippen molar-refractivity contribution in [3.8, 4) is 17.3 Å². The summed E-state index contributed by atoms with van der Waals surface area (Å²) in [6.45, 7) is 4.25. The third-order valence-electron chi connectivity index (χ3n) is 4.73. The van der Waals surface area contributed by atoms with Gasteiger partial charge in [0, 0.05) is 22.7 Å². The normalized spacial score (nSPS) is 11.6. The zero-order valence-electron chi connectivity index (χ0n) is 16.5. The fraction of sp³-hybridized carbons (Fsp3) is 0.125. The summed E-state index contributed by atoms with van der Waals surface area (Å²) in [7, 11) is 0. The van der Waals surface area contributed by atoms with Crippen LogP contribution < -0.4 is 10.9 Å². The van der Waals surface area contributed by atoms with E-state index in [2.05, 4.69) is 36.3 Å². The molecule has 0 amide bonds. The molecule has 4 rings (SSSR count). The van der Waals surface area contributed by atoms with Crippen LogP contribution in [-0.2, 0) is 0 Å². The molecule has 5 nitrogen and oxygen atoms in total. The van der Waals surface area contributed by atoms with Crippen LogP contribution in [0.15, 0.2) is 75.4 Å². The molecule has 0 spiro atoms. The number of aromatic nitrogens is 1. The van der Waals surface area contributed by atoms with Crippen LogP contribution >= 0.6 is 11.3 Å². The van der Waals surface area contributed by atoms with E-state index in [1.54, 1.807) is 23.7 Å². The molecule has 6 heteroatoms. The number of thiazole rings is 1. The zero-order chi connectivity index (χ0) is 21.1. The fourth-order valence-electron chi connectivity index (χ4n) is 3.19. The lowest BCUT2D eigenvalue weighted by Crippen LogP contribution is -2.03. The van der Waals surface area contributed by atoms with Crippen LogP contribution in [0.25, 0.3) is 27.8 Å². The zero-order valence-corrected chi connectivity index (χ0v) is 17.4. The summed E-state index contributed by atoms with van der Waals surface area (Å²) in [6, 6.07) is 19.3. The van der Waals surface area contributed by atoms with Crippen molar-refractivity contribution in [3.05, 3.63) is 87.2 Å². The van der Waals surface area contributed by atoms with Crippen LogP contribution in [0, 0.1) is 11.3 Å². The summed E-state index contributed by atoms with van der Waals surface area (Å²) in [5.41, 5.74) is 3.48. The predicted molar refractivity (Wildman–Crippen MR) is 121 cm³/mol. The highest BCUT2D eigenvalue weighted by molar-refractivity contribution is 7.11. The Morgan fingerprint density at radius 1 is 1.20 bits per heavy atom. The minimum Gasteiger partial charge on any atom is -0.422 e. The lowest BCUT2D eigenvalue weighted by Gasteiger charge is -2.12. The Bertz CT molecular complexity index is 1340. The average Bonchev–Trinajstić information content (AvgIpc) is 3.23. The van der Waals surface area contributed by atoms with Gasteiger partial charge in [0.05, 0.1) is 11.3 Å². The molecule has 1 N–H and O–H groups in total. The first-order valence-corrected chi connectivity index (χ1v) is 10.4. The van der Waals surface area contributed by atoms with Crippen LogP contribution in [0.4, 0.5) is 5.69 Å². The van der Waals surface area contributed by atoms with Gasteiger partial charge in [0.15, 0.2) is 0 Å². The first-order chi connectivity index (χ1) is 14.6. The molecule has 0 unspecified atom stereocenters. The molecule has 0 aliphatic carbocycles. The van der Waals surface area contributed by atoms with Gasteiger partial charge in [-0.05, 0) is 29.7 Å². The third-order valence-corrected chi connectivity index (χ3v) is 5.60. The smallest absolute Gasteiger partial charge is 0.345 e. The van der Waals surface area contributed by atoms with Crippen LogP contribution in [0.5, 0.6) is 0 Å². The number of nitrogens with zero attached hydrogens (tertiary/aromatic N) is 2. The summed E-state index contributed by atoms with van der Waals surface area (Å²) in [6.07, 6.45) is 1.66. The molecule has 2 aromatic carbocycles. The Morgan fingerprint density at radius 2 is 1.97 bits per heavy atom. The van der Waals surface area contributed by atoms with E-state index in [4.69, 9.17) is 4.42 Å². The number of fused-ring (bicyclic) bond motifs is 1. The van der Waals surface area contributed by atoms with Crippen molar-refractivity contribution in [2.24, 2.45) is 0 Å². The molecule has 2 aromatic heterocycles. The molecule has 30 heavy (non-hydrogen) atoms. The van der Waals surface area contributed by atoms with E-state index in [9.17, 15) is 10.1 Å². The van der Waals surface area contributed by atoms with Crippen LogP contribution in [0.1, 0.15) is 30.3 Å². The second kappa shape index (κ2) is 8.36. The minimum atomic E-state index is -0.447. The number of nitrogens with one attached hydrogen (secondary N) is 1. The first-order valence-electron chi connectivity index (χ1n) is 9.51. The summed E-state index contributed by atoms with van der Waals surface area (Å²) in [5, 5.41) is 16.0. The molecule has 2 heterocycles. The van der Waals surface area contributed by atoms with Gasteiger partial charge in [-0.3, -0.25) is 0 Å². The number of hydrogen-bond donors (Lipinski definition) is 1. The Balaban J connectivity index is 1.66. The van der Waals surface area contributed by atoms with Gasteiger partial charge in [0.25, 0.3) is 0 Å². The van der Waals surface area contributed by atoms with Gasteiger partial charge in [0.1, 0.15) is 22.2 Å². The van der Waals surface area contributed by atoms with E-state index < -0.39 is 5.63 Å². The van der Waals surface area contributed by atoms with E-state index in [0.29, 0.717) is 33.3 Å². The Labute approximate surface area is 177 Å². The van der Waals surface area contributed by atoms with E-state index in [1.807, 2.05) is 36.4 Å². The number of para-hydroxylation sites is 2. The number of benzene rings is 2. The maximum Gasteiger partial charge on any atom is 0.345 e. The summed E-state index contributed by atoms with van der Waals surface area (Å²) >= 11 is 1.31. The number of rotatable bonds is 5. The van der Waals surface area contributed by atoms with Crippen LogP contribution in [-0.4, -0.2) is 4.98 Å². The summed E-state index contributed by atoms with van der Waals surface area (Å²) < 4.78 is 5.40. The molecule has 4 aromatic rings. The molecule has 0 fully saturated rings. The van der Waals surface area contributed by atoms with E-state index in [-0.39, 0.29) is 0 Å². The number of hydrogen-bond acceptors (Lipinski definition) is 6. The van der Waals surface area contributed by atoms with Crippen LogP contribution in [0.2, 0.25) is 0 Å². The Kier molecular flexibility index (Phi) is 5.46. The van der Waals surface area contributed by atoms with E-state index >= 15 is 0 Å². The summed E-state index contributed by atoms with van der Waals surface area (Å²) in [4.78, 5) is 16.9. The van der Waals surface area contributed by atoms with Crippen LogP contribution in [0.3, 0.4) is 0 Å². The number of nitriles is 1. The van der Waals surface area contributed by atoms with Crippen molar-refractivity contribution < 1.29 is 4.42 Å². The number of allylic oxidation sites excluding steroid dienone is 1. The van der Waals surface area contributed by atoms with Gasteiger partial charge in [-0.25, -0.2) is 9.78 Å². The predicted octanol–water partition coefficient (Wildman–Crippen LogP) is 6.02. The minimum absolute atomic E-state index is 0.353. The number of anilines is 1. The molecule has 0 bridgehead atoms. The molecular weight excluding hydrogens is 394 g/mol. The van der Waals surface area contributed by atoms with Crippen molar-refractivity contribution in [1.29, 1.82) is 5.26 Å². The Hall–Kier alpha value is -3.69. The summed E-state index contributed by atoms with van der Waals surface area (Å²) in [5.74, 6) is 0.353. The first kappa shape index (κ1) is 19.6.